The maximum atomic E-state index is 12.0. The highest BCUT2D eigenvalue weighted by molar-refractivity contribution is 5.79. The van der Waals surface area contributed by atoms with Crippen molar-refractivity contribution in [2.24, 2.45) is 0 Å². The van der Waals surface area contributed by atoms with Crippen LogP contribution < -0.4 is 0 Å². The van der Waals surface area contributed by atoms with E-state index in [-0.39, 0.29) is 35.4 Å². The summed E-state index contributed by atoms with van der Waals surface area (Å²) in [6, 6.07) is 2.53. The smallest absolute Gasteiger partial charge is 0.223 e. The Morgan fingerprint density at radius 2 is 1.25 bits per heavy atom. The Hall–Kier alpha value is -2.24. The normalized spacial score (nSPS) is 20.8. The first-order valence-corrected chi connectivity index (χ1v) is 8.55. The van der Waals surface area contributed by atoms with E-state index in [0.29, 0.717) is 37.1 Å². The standard InChI is InChI=1S/C18H24N2O4/c1-11(19-7-3-5-17(19)23)13-9-14(16(22)10-15(13)21)12(2)20-8-4-6-18(20)24/h9-12,21-22H,3-8H2,1-2H3. The Bertz CT molecular complexity index is 620. The van der Waals surface area contributed by atoms with Gasteiger partial charge in [0.2, 0.25) is 11.8 Å². The largest absolute Gasteiger partial charge is 0.507 e. The first-order chi connectivity index (χ1) is 11.4. The van der Waals surface area contributed by atoms with Gasteiger partial charge in [0.1, 0.15) is 11.5 Å². The molecule has 2 atom stereocenters. The molecule has 2 aliphatic rings. The fourth-order valence-corrected chi connectivity index (χ4v) is 3.77. The predicted molar refractivity (Wildman–Crippen MR) is 88.5 cm³/mol. The Morgan fingerprint density at radius 3 is 1.58 bits per heavy atom. The molecule has 24 heavy (non-hydrogen) atoms. The second-order valence-electron chi connectivity index (χ2n) is 6.70. The summed E-state index contributed by atoms with van der Waals surface area (Å²) in [6.45, 7) is 5.11. The Morgan fingerprint density at radius 1 is 0.833 bits per heavy atom. The number of likely N-dealkylation sites (tertiary alicyclic amines) is 2. The molecule has 6 nitrogen and oxygen atoms in total. The summed E-state index contributed by atoms with van der Waals surface area (Å²) in [6.07, 6.45) is 2.73. The third-order valence-electron chi connectivity index (χ3n) is 5.23. The summed E-state index contributed by atoms with van der Waals surface area (Å²) in [5.74, 6) is 0.116. The highest BCUT2D eigenvalue weighted by atomic mass is 16.3. The molecule has 3 rings (SSSR count). The van der Waals surface area contributed by atoms with E-state index in [4.69, 9.17) is 0 Å². The molecule has 2 unspecified atom stereocenters. The number of hydrogen-bond donors (Lipinski definition) is 2. The van der Waals surface area contributed by atoms with Gasteiger partial charge >= 0.3 is 0 Å². The number of phenols is 2. The summed E-state index contributed by atoms with van der Waals surface area (Å²) in [4.78, 5) is 27.5. The van der Waals surface area contributed by atoms with Crippen LogP contribution in [0.5, 0.6) is 11.5 Å². The topological polar surface area (TPSA) is 81.1 Å². The molecule has 0 aliphatic carbocycles. The number of aromatic hydroxyl groups is 2. The van der Waals surface area contributed by atoms with Crippen molar-refractivity contribution in [1.29, 1.82) is 0 Å². The summed E-state index contributed by atoms with van der Waals surface area (Å²) < 4.78 is 0. The minimum absolute atomic E-state index is 0.0246. The molecule has 1 aromatic carbocycles. The van der Waals surface area contributed by atoms with Gasteiger partial charge in [0.05, 0.1) is 12.1 Å². The highest BCUT2D eigenvalue weighted by Gasteiger charge is 2.31. The lowest BCUT2D eigenvalue weighted by Gasteiger charge is -2.29. The molecule has 2 heterocycles. The number of phenolic OH excluding ortho intramolecular Hbond substituents is 2. The molecule has 2 aliphatic heterocycles. The molecule has 0 spiro atoms. The van der Waals surface area contributed by atoms with E-state index in [1.54, 1.807) is 15.9 Å². The van der Waals surface area contributed by atoms with E-state index in [0.717, 1.165) is 12.8 Å². The van der Waals surface area contributed by atoms with Crippen LogP contribution in [0.15, 0.2) is 12.1 Å². The predicted octanol–water partition coefficient (Wildman–Crippen LogP) is 2.46. The number of nitrogens with zero attached hydrogens (tertiary/aromatic N) is 2. The van der Waals surface area contributed by atoms with Crippen molar-refractivity contribution in [2.45, 2.75) is 51.6 Å². The third-order valence-corrected chi connectivity index (χ3v) is 5.23. The molecule has 0 saturated carbocycles. The van der Waals surface area contributed by atoms with Crippen molar-refractivity contribution in [3.05, 3.63) is 23.3 Å². The third kappa shape index (κ3) is 2.81. The number of amides is 2. The van der Waals surface area contributed by atoms with Crippen LogP contribution in [0.2, 0.25) is 0 Å². The van der Waals surface area contributed by atoms with Crippen molar-refractivity contribution in [1.82, 2.24) is 9.80 Å². The fourth-order valence-electron chi connectivity index (χ4n) is 3.77. The first kappa shape index (κ1) is 16.6. The van der Waals surface area contributed by atoms with E-state index in [1.165, 1.54) is 6.07 Å². The number of rotatable bonds is 4. The van der Waals surface area contributed by atoms with Crippen LogP contribution in [-0.2, 0) is 9.59 Å². The molecule has 2 fully saturated rings. The van der Waals surface area contributed by atoms with Gasteiger partial charge in [-0.25, -0.2) is 0 Å². The van der Waals surface area contributed by atoms with Crippen LogP contribution >= 0.6 is 0 Å². The molecule has 0 aromatic heterocycles. The van der Waals surface area contributed by atoms with Crippen molar-refractivity contribution in [3.63, 3.8) is 0 Å². The van der Waals surface area contributed by atoms with Crippen LogP contribution in [0.25, 0.3) is 0 Å². The van der Waals surface area contributed by atoms with Gasteiger partial charge in [-0.3, -0.25) is 9.59 Å². The zero-order chi connectivity index (χ0) is 17.4. The maximum absolute atomic E-state index is 12.0. The van der Waals surface area contributed by atoms with Gasteiger partial charge in [-0.1, -0.05) is 0 Å². The zero-order valence-electron chi connectivity index (χ0n) is 14.2. The molecular formula is C18H24N2O4. The van der Waals surface area contributed by atoms with Gasteiger partial charge in [-0.05, 0) is 32.8 Å². The second-order valence-corrected chi connectivity index (χ2v) is 6.70. The van der Waals surface area contributed by atoms with Gasteiger partial charge < -0.3 is 20.0 Å². The second kappa shape index (κ2) is 6.34. The average molecular weight is 332 g/mol. The summed E-state index contributed by atoms with van der Waals surface area (Å²) in [7, 11) is 0. The molecule has 2 amide bonds. The van der Waals surface area contributed by atoms with Crippen molar-refractivity contribution in [2.75, 3.05) is 13.1 Å². The SMILES string of the molecule is CC(c1cc(C(C)N2CCCC2=O)c(O)cc1O)N1CCCC1=O. The van der Waals surface area contributed by atoms with Gasteiger partial charge in [-0.2, -0.15) is 0 Å². The van der Waals surface area contributed by atoms with Crippen LogP contribution in [0.3, 0.4) is 0 Å². The number of hydrogen-bond acceptors (Lipinski definition) is 4. The van der Waals surface area contributed by atoms with Crippen molar-refractivity contribution < 1.29 is 19.8 Å². The highest BCUT2D eigenvalue weighted by Crippen LogP contribution is 2.39. The zero-order valence-corrected chi connectivity index (χ0v) is 14.2. The Labute approximate surface area is 141 Å². The van der Waals surface area contributed by atoms with E-state index in [9.17, 15) is 19.8 Å². The molecule has 2 N–H and O–H groups in total. The summed E-state index contributed by atoms with van der Waals surface area (Å²) in [5.41, 5.74) is 1.22. The van der Waals surface area contributed by atoms with Gasteiger partial charge in [0.25, 0.3) is 0 Å². The first-order valence-electron chi connectivity index (χ1n) is 8.55. The van der Waals surface area contributed by atoms with Crippen LogP contribution in [0.1, 0.15) is 62.7 Å². The molecule has 6 heteroatoms. The van der Waals surface area contributed by atoms with E-state index < -0.39 is 0 Å². The minimum atomic E-state index is -0.263. The summed E-state index contributed by atoms with van der Waals surface area (Å²) in [5, 5.41) is 20.5. The molecule has 2 saturated heterocycles. The van der Waals surface area contributed by atoms with Crippen molar-refractivity contribution >= 4 is 11.8 Å². The lowest BCUT2D eigenvalue weighted by Crippen LogP contribution is -2.29. The van der Waals surface area contributed by atoms with Gasteiger partial charge in [0, 0.05) is 43.1 Å². The van der Waals surface area contributed by atoms with Gasteiger partial charge in [-0.15, -0.1) is 0 Å². The molecule has 0 radical (unpaired) electrons. The summed E-state index contributed by atoms with van der Waals surface area (Å²) >= 11 is 0. The van der Waals surface area contributed by atoms with Crippen molar-refractivity contribution in [3.8, 4) is 11.5 Å². The Balaban J connectivity index is 1.93. The fraction of sp³-hybridized carbons (Fsp3) is 0.556. The molecular weight excluding hydrogens is 308 g/mol. The number of carbonyl (C=O) groups is 2. The number of carbonyl (C=O) groups excluding carboxylic acids is 2. The van der Waals surface area contributed by atoms with E-state index in [1.807, 2.05) is 13.8 Å². The monoisotopic (exact) mass is 332 g/mol. The molecule has 1 aromatic rings. The number of benzene rings is 1. The quantitative estimate of drug-likeness (QED) is 0.887. The van der Waals surface area contributed by atoms with Crippen LogP contribution in [-0.4, -0.2) is 44.9 Å². The van der Waals surface area contributed by atoms with E-state index >= 15 is 0 Å². The molecule has 130 valence electrons. The lowest BCUT2D eigenvalue weighted by molar-refractivity contribution is -0.130. The average Bonchev–Trinajstić information content (AvgIpc) is 3.14. The Kier molecular flexibility index (Phi) is 4.39. The van der Waals surface area contributed by atoms with Crippen LogP contribution in [0, 0.1) is 0 Å². The minimum Gasteiger partial charge on any atom is -0.507 e. The van der Waals surface area contributed by atoms with E-state index in [2.05, 4.69) is 0 Å². The molecule has 0 bridgehead atoms. The van der Waals surface area contributed by atoms with Crippen LogP contribution in [0.4, 0.5) is 0 Å². The lowest BCUT2D eigenvalue weighted by atomic mass is 9.97. The maximum Gasteiger partial charge on any atom is 0.223 e. The van der Waals surface area contributed by atoms with Gasteiger partial charge in [0.15, 0.2) is 0 Å².